The van der Waals surface area contributed by atoms with E-state index in [-0.39, 0.29) is 16.9 Å². The van der Waals surface area contributed by atoms with Crippen LogP contribution in [0.1, 0.15) is 12.0 Å². The van der Waals surface area contributed by atoms with E-state index in [1.807, 2.05) is 4.72 Å². The molecule has 2 N–H and O–H groups in total. The van der Waals surface area contributed by atoms with E-state index in [9.17, 15) is 23.3 Å². The predicted molar refractivity (Wildman–Crippen MR) is 74.4 cm³/mol. The van der Waals surface area contributed by atoms with E-state index >= 15 is 0 Å². The number of hydrogen-bond acceptors (Lipinski definition) is 5. The lowest BCUT2D eigenvalue weighted by Crippen LogP contribution is -2.40. The van der Waals surface area contributed by atoms with Crippen LogP contribution in [0.5, 0.6) is 0 Å². The first-order chi connectivity index (χ1) is 9.69. The zero-order valence-corrected chi connectivity index (χ0v) is 12.0. The molecule has 8 nitrogen and oxygen atoms in total. The second kappa shape index (κ2) is 6.46. The number of aryl methyl sites for hydroxylation is 1. The van der Waals surface area contributed by atoms with Gasteiger partial charge in [0.15, 0.2) is 0 Å². The van der Waals surface area contributed by atoms with Crippen LogP contribution >= 0.6 is 0 Å². The van der Waals surface area contributed by atoms with Crippen LogP contribution in [0, 0.1) is 17.0 Å². The van der Waals surface area contributed by atoms with E-state index in [1.54, 1.807) is 0 Å². The molecule has 0 saturated heterocycles. The summed E-state index contributed by atoms with van der Waals surface area (Å²) < 4.78 is 26.4. The number of nitrogens with one attached hydrogen (secondary N) is 1. The van der Waals surface area contributed by atoms with Crippen molar-refractivity contribution in [1.29, 1.82) is 0 Å². The molecule has 1 rings (SSSR count). The van der Waals surface area contributed by atoms with Crippen molar-refractivity contribution in [2.24, 2.45) is 0 Å². The first-order valence-electron chi connectivity index (χ1n) is 5.80. The Hall–Kier alpha value is -2.26. The molecular weight excluding hydrogens is 300 g/mol. The Morgan fingerprint density at radius 3 is 2.67 bits per heavy atom. The van der Waals surface area contributed by atoms with Crippen molar-refractivity contribution in [3.8, 4) is 0 Å². The molecule has 0 amide bonds. The second-order valence-corrected chi connectivity index (χ2v) is 5.93. The fourth-order valence-electron chi connectivity index (χ4n) is 1.61. The maximum absolute atomic E-state index is 12.2. The lowest BCUT2D eigenvalue weighted by atomic mass is 10.2. The molecule has 0 heterocycles. The first kappa shape index (κ1) is 16.8. The number of aliphatic carboxylic acids is 1. The van der Waals surface area contributed by atoms with Gasteiger partial charge in [0.2, 0.25) is 10.0 Å². The number of carboxylic acid groups (broad SMARTS) is 1. The molecule has 0 spiro atoms. The first-order valence-corrected chi connectivity index (χ1v) is 7.28. The Labute approximate surface area is 121 Å². The Balaban J connectivity index is 3.24. The summed E-state index contributed by atoms with van der Waals surface area (Å²) in [6.07, 6.45) is 1.16. The van der Waals surface area contributed by atoms with E-state index < -0.39 is 32.6 Å². The van der Waals surface area contributed by atoms with Gasteiger partial charge < -0.3 is 5.11 Å². The SMILES string of the molecule is C=CCC(NS(=O)(=O)c1cc([N+](=O)[O-])ccc1C)C(=O)O. The molecule has 0 aliphatic rings. The van der Waals surface area contributed by atoms with Gasteiger partial charge in [-0.15, -0.1) is 6.58 Å². The summed E-state index contributed by atoms with van der Waals surface area (Å²) in [5.41, 5.74) is -0.118. The molecular formula is C12H14N2O6S. The molecule has 1 aromatic carbocycles. The van der Waals surface area contributed by atoms with Crippen molar-refractivity contribution < 1.29 is 23.2 Å². The summed E-state index contributed by atoms with van der Waals surface area (Å²) in [6.45, 7) is 4.81. The topological polar surface area (TPSA) is 127 Å². The number of hydrogen-bond donors (Lipinski definition) is 2. The summed E-state index contributed by atoms with van der Waals surface area (Å²) >= 11 is 0. The standard InChI is InChI=1S/C12H14N2O6S/c1-3-4-10(12(15)16)13-21(19,20)11-7-9(14(17)18)6-5-8(11)2/h3,5-7,10,13H,1,4H2,2H3,(H,15,16). The minimum Gasteiger partial charge on any atom is -0.480 e. The summed E-state index contributed by atoms with van der Waals surface area (Å²) in [4.78, 5) is 20.6. The molecule has 1 atom stereocenters. The van der Waals surface area contributed by atoms with Crippen LogP contribution in [0.25, 0.3) is 0 Å². The van der Waals surface area contributed by atoms with Gasteiger partial charge in [0.05, 0.1) is 9.82 Å². The third-order valence-corrected chi connectivity index (χ3v) is 4.28. The highest BCUT2D eigenvalue weighted by Gasteiger charge is 2.26. The van der Waals surface area contributed by atoms with Crippen LogP contribution in [-0.2, 0) is 14.8 Å². The van der Waals surface area contributed by atoms with Crippen LogP contribution in [0.15, 0.2) is 35.7 Å². The largest absolute Gasteiger partial charge is 0.480 e. The molecule has 9 heteroatoms. The molecule has 1 unspecified atom stereocenters. The summed E-state index contributed by atoms with van der Waals surface area (Å²) in [5.74, 6) is -1.36. The highest BCUT2D eigenvalue weighted by atomic mass is 32.2. The van der Waals surface area contributed by atoms with Gasteiger partial charge in [0.25, 0.3) is 5.69 Å². The Kier molecular flexibility index (Phi) is 5.17. The second-order valence-electron chi connectivity index (χ2n) is 4.24. The van der Waals surface area contributed by atoms with Gasteiger partial charge in [-0.1, -0.05) is 12.1 Å². The molecule has 1 aromatic rings. The van der Waals surface area contributed by atoms with Crippen LogP contribution in [0.2, 0.25) is 0 Å². The molecule has 21 heavy (non-hydrogen) atoms. The Morgan fingerprint density at radius 1 is 1.57 bits per heavy atom. The molecule has 0 fully saturated rings. The summed E-state index contributed by atoms with van der Waals surface area (Å²) in [5, 5.41) is 19.7. The molecule has 0 radical (unpaired) electrons. The maximum Gasteiger partial charge on any atom is 0.322 e. The van der Waals surface area contributed by atoms with Crippen molar-refractivity contribution >= 4 is 21.7 Å². The average Bonchev–Trinajstić information content (AvgIpc) is 2.37. The number of non-ortho nitro benzene ring substituents is 1. The van der Waals surface area contributed by atoms with Crippen LogP contribution in [-0.4, -0.2) is 30.5 Å². The molecule has 0 aliphatic heterocycles. The average molecular weight is 314 g/mol. The third kappa shape index (κ3) is 4.10. The smallest absolute Gasteiger partial charge is 0.322 e. The summed E-state index contributed by atoms with van der Waals surface area (Å²) in [6, 6.07) is 1.97. The van der Waals surface area contributed by atoms with Gasteiger partial charge in [-0.05, 0) is 18.9 Å². The molecule has 0 aromatic heterocycles. The zero-order chi connectivity index (χ0) is 16.2. The lowest BCUT2D eigenvalue weighted by molar-refractivity contribution is -0.385. The molecule has 0 aliphatic carbocycles. The number of carbonyl (C=O) groups is 1. The van der Waals surface area contributed by atoms with E-state index in [0.29, 0.717) is 0 Å². The predicted octanol–water partition coefficient (Wildman–Crippen LogP) is 1.21. The van der Waals surface area contributed by atoms with Crippen molar-refractivity contribution in [2.45, 2.75) is 24.3 Å². The van der Waals surface area contributed by atoms with Crippen molar-refractivity contribution in [3.63, 3.8) is 0 Å². The number of carboxylic acids is 1. The maximum atomic E-state index is 12.2. The summed E-state index contributed by atoms with van der Waals surface area (Å²) in [7, 11) is -4.20. The number of nitro benzene ring substituents is 1. The quantitative estimate of drug-likeness (QED) is 0.442. The van der Waals surface area contributed by atoms with Gasteiger partial charge in [-0.3, -0.25) is 14.9 Å². The Bertz CT molecular complexity index is 683. The van der Waals surface area contributed by atoms with Gasteiger partial charge in [-0.25, -0.2) is 8.42 Å². The third-order valence-electron chi connectivity index (χ3n) is 2.67. The fraction of sp³-hybridized carbons (Fsp3) is 0.250. The van der Waals surface area contributed by atoms with Gasteiger partial charge in [-0.2, -0.15) is 4.72 Å². The van der Waals surface area contributed by atoms with Crippen LogP contribution < -0.4 is 4.72 Å². The zero-order valence-electron chi connectivity index (χ0n) is 11.1. The number of nitrogens with zero attached hydrogens (tertiary/aromatic N) is 1. The lowest BCUT2D eigenvalue weighted by Gasteiger charge is -2.14. The minimum absolute atomic E-state index is 0.109. The number of rotatable bonds is 7. The highest BCUT2D eigenvalue weighted by molar-refractivity contribution is 7.89. The monoisotopic (exact) mass is 314 g/mol. The van der Waals surface area contributed by atoms with Gasteiger partial charge in [0, 0.05) is 12.1 Å². The molecule has 114 valence electrons. The van der Waals surface area contributed by atoms with Gasteiger partial charge >= 0.3 is 5.97 Å². The van der Waals surface area contributed by atoms with Crippen LogP contribution in [0.3, 0.4) is 0 Å². The van der Waals surface area contributed by atoms with Gasteiger partial charge in [0.1, 0.15) is 6.04 Å². The van der Waals surface area contributed by atoms with Crippen molar-refractivity contribution in [3.05, 3.63) is 46.5 Å². The molecule has 0 saturated carbocycles. The number of nitro groups is 1. The van der Waals surface area contributed by atoms with E-state index in [0.717, 1.165) is 6.07 Å². The van der Waals surface area contributed by atoms with E-state index in [1.165, 1.54) is 25.1 Å². The minimum atomic E-state index is -4.20. The van der Waals surface area contributed by atoms with E-state index in [4.69, 9.17) is 5.11 Å². The fourth-order valence-corrected chi connectivity index (χ4v) is 3.08. The molecule has 0 bridgehead atoms. The highest BCUT2D eigenvalue weighted by Crippen LogP contribution is 2.22. The normalized spacial score (nSPS) is 12.6. The Morgan fingerprint density at radius 2 is 2.19 bits per heavy atom. The number of sulfonamides is 1. The van der Waals surface area contributed by atoms with Crippen LogP contribution in [0.4, 0.5) is 5.69 Å². The van der Waals surface area contributed by atoms with E-state index in [2.05, 4.69) is 6.58 Å². The van der Waals surface area contributed by atoms with Crippen molar-refractivity contribution in [1.82, 2.24) is 4.72 Å². The number of benzene rings is 1. The van der Waals surface area contributed by atoms with Crippen molar-refractivity contribution in [2.75, 3.05) is 0 Å².